The normalized spacial score (nSPS) is 34.5. The molecule has 1 amide bonds. The highest BCUT2D eigenvalue weighted by Crippen LogP contribution is 2.51. The third-order valence-electron chi connectivity index (χ3n) is 7.14. The van der Waals surface area contributed by atoms with Crippen molar-refractivity contribution in [1.82, 2.24) is 4.90 Å². The van der Waals surface area contributed by atoms with Gasteiger partial charge in [-0.2, -0.15) is 0 Å². The number of ether oxygens (including phenoxy) is 7. The molecule has 3 fully saturated rings. The van der Waals surface area contributed by atoms with Crippen LogP contribution in [0.5, 0.6) is 11.5 Å². The van der Waals surface area contributed by atoms with Crippen molar-refractivity contribution in [2.75, 3.05) is 27.4 Å². The summed E-state index contributed by atoms with van der Waals surface area (Å²) in [4.78, 5) is 16.2. The molecule has 4 heterocycles. The maximum Gasteiger partial charge on any atom is 0.286 e. The Morgan fingerprint density at radius 1 is 1.11 bits per heavy atom. The van der Waals surface area contributed by atoms with Crippen LogP contribution in [-0.4, -0.2) is 73.9 Å². The van der Waals surface area contributed by atoms with Crippen LogP contribution >= 0.6 is 0 Å². The zero-order chi connectivity index (χ0) is 25.2. The van der Waals surface area contributed by atoms with E-state index >= 15 is 0 Å². The van der Waals surface area contributed by atoms with Gasteiger partial charge in [0.25, 0.3) is 11.7 Å². The minimum atomic E-state index is -1.63. The van der Waals surface area contributed by atoms with Gasteiger partial charge in [0, 0.05) is 6.54 Å². The van der Waals surface area contributed by atoms with E-state index in [2.05, 4.69) is 6.58 Å². The topological polar surface area (TPSA) is 84.9 Å². The molecule has 0 saturated carbocycles. The number of rotatable bonds is 5. The first-order valence-corrected chi connectivity index (χ1v) is 12.1. The Kier molecular flexibility index (Phi) is 5.92. The number of benzene rings is 1. The summed E-state index contributed by atoms with van der Waals surface area (Å²) in [7, 11) is 3.22. The minimum Gasteiger partial charge on any atom is -0.493 e. The molecule has 1 aromatic carbocycles. The number of amides is 1. The lowest BCUT2D eigenvalue weighted by Gasteiger charge is -2.41. The molecule has 0 aliphatic carbocycles. The molecule has 9 heteroatoms. The van der Waals surface area contributed by atoms with E-state index in [1.807, 2.05) is 37.0 Å². The average Bonchev–Trinajstić information content (AvgIpc) is 3.25. The van der Waals surface area contributed by atoms with Gasteiger partial charge < -0.3 is 38.1 Å². The molecule has 0 bridgehead atoms. The highest BCUT2D eigenvalue weighted by molar-refractivity contribution is 5.86. The van der Waals surface area contributed by atoms with E-state index in [-0.39, 0.29) is 18.6 Å². The molecule has 9 nitrogen and oxygen atoms in total. The fourth-order valence-electron chi connectivity index (χ4n) is 5.70. The number of carbonyl (C=O) groups excluding carboxylic acids is 1. The quantitative estimate of drug-likeness (QED) is 0.584. The van der Waals surface area contributed by atoms with Crippen molar-refractivity contribution in [1.29, 1.82) is 0 Å². The second-order valence-corrected chi connectivity index (χ2v) is 10.4. The van der Waals surface area contributed by atoms with Crippen LogP contribution in [0, 0.1) is 0 Å². The smallest absolute Gasteiger partial charge is 0.286 e. The molecule has 0 radical (unpaired) electrons. The molecule has 4 aliphatic heterocycles. The lowest BCUT2D eigenvalue weighted by molar-refractivity contribution is -0.325. The van der Waals surface area contributed by atoms with E-state index in [0.29, 0.717) is 30.9 Å². The number of hydrogen-bond donors (Lipinski definition) is 0. The van der Waals surface area contributed by atoms with Crippen LogP contribution in [0.25, 0.3) is 0 Å². The molecule has 0 unspecified atom stereocenters. The molecule has 0 N–H and O–H groups in total. The molecule has 5 rings (SSSR count). The van der Waals surface area contributed by atoms with Crippen LogP contribution < -0.4 is 9.47 Å². The summed E-state index contributed by atoms with van der Waals surface area (Å²) in [5.74, 6) is -2.46. The first kappa shape index (κ1) is 24.5. The molecular weight excluding hydrogens is 454 g/mol. The van der Waals surface area contributed by atoms with Gasteiger partial charge in [-0.3, -0.25) is 4.79 Å². The SMILES string of the molecule is C=CC[C@@H]1c2cc(OC)c(OC)cc2CCN1C(=O)[C@@]12O[C@H]3COC(C)(C)O[C@H]3[C@@H]1OC(C)(C)O2. The number of methoxy groups -OCH3 is 2. The second-order valence-electron chi connectivity index (χ2n) is 10.4. The molecular formula is C26H35NO8. The zero-order valence-electron chi connectivity index (χ0n) is 21.3. The van der Waals surface area contributed by atoms with Gasteiger partial charge in [-0.05, 0) is 63.8 Å². The molecule has 0 aromatic heterocycles. The predicted molar refractivity (Wildman–Crippen MR) is 125 cm³/mol. The Morgan fingerprint density at radius 2 is 1.83 bits per heavy atom. The summed E-state index contributed by atoms with van der Waals surface area (Å²) in [5.41, 5.74) is 2.10. The van der Waals surface area contributed by atoms with Gasteiger partial charge in [-0.25, -0.2) is 0 Å². The van der Waals surface area contributed by atoms with Crippen molar-refractivity contribution in [2.24, 2.45) is 0 Å². The average molecular weight is 490 g/mol. The Bertz CT molecular complexity index is 1020. The van der Waals surface area contributed by atoms with Crippen LogP contribution in [0.4, 0.5) is 0 Å². The number of carbonyl (C=O) groups is 1. The highest BCUT2D eigenvalue weighted by atomic mass is 16.9. The number of nitrogens with zero attached hydrogens (tertiary/aromatic N) is 1. The van der Waals surface area contributed by atoms with Crippen molar-refractivity contribution in [3.8, 4) is 11.5 Å². The minimum absolute atomic E-state index is 0.272. The molecule has 35 heavy (non-hydrogen) atoms. The molecule has 192 valence electrons. The third kappa shape index (κ3) is 3.94. The predicted octanol–water partition coefficient (Wildman–Crippen LogP) is 3.10. The van der Waals surface area contributed by atoms with Crippen LogP contribution in [0.3, 0.4) is 0 Å². The van der Waals surface area contributed by atoms with Crippen LogP contribution in [0.2, 0.25) is 0 Å². The molecule has 0 spiro atoms. The van der Waals surface area contributed by atoms with E-state index < -0.39 is 35.7 Å². The Labute approximate surface area is 206 Å². The lowest BCUT2D eigenvalue weighted by Crippen LogP contribution is -2.57. The van der Waals surface area contributed by atoms with Crippen LogP contribution in [0.1, 0.15) is 51.3 Å². The summed E-state index contributed by atoms with van der Waals surface area (Å²) < 4.78 is 41.9. The van der Waals surface area contributed by atoms with Crippen molar-refractivity contribution >= 4 is 5.91 Å². The van der Waals surface area contributed by atoms with Crippen molar-refractivity contribution in [2.45, 2.75) is 82.3 Å². The van der Waals surface area contributed by atoms with Crippen molar-refractivity contribution in [3.05, 3.63) is 35.9 Å². The van der Waals surface area contributed by atoms with E-state index in [4.69, 9.17) is 33.2 Å². The van der Waals surface area contributed by atoms with Gasteiger partial charge in [-0.15, -0.1) is 6.58 Å². The van der Waals surface area contributed by atoms with Gasteiger partial charge >= 0.3 is 0 Å². The standard InChI is InChI=1S/C26H35NO8/c1-8-9-17-16-13-19(30-7)18(29-6)12-15(16)10-11-27(17)23(28)26-22(34-25(4,5)35-26)21-20(32-26)14-31-24(2,3)33-21/h8,12-13,17,20-22H,1,9-11,14H2,2-7H3/t17-,20+,21-,22+,26-/m1/s1. The third-order valence-corrected chi connectivity index (χ3v) is 7.14. The fraction of sp³-hybridized carbons (Fsp3) is 0.654. The fourth-order valence-corrected chi connectivity index (χ4v) is 5.70. The summed E-state index contributed by atoms with van der Waals surface area (Å²) in [6.07, 6.45) is 1.32. The Morgan fingerprint density at radius 3 is 2.51 bits per heavy atom. The summed E-state index contributed by atoms with van der Waals surface area (Å²) in [6.45, 7) is 12.0. The first-order valence-electron chi connectivity index (χ1n) is 12.1. The summed E-state index contributed by atoms with van der Waals surface area (Å²) >= 11 is 0. The summed E-state index contributed by atoms with van der Waals surface area (Å²) in [5, 5.41) is 0. The maximum atomic E-state index is 14.4. The van der Waals surface area contributed by atoms with Crippen LogP contribution in [0.15, 0.2) is 24.8 Å². The van der Waals surface area contributed by atoms with Gasteiger partial charge in [0.15, 0.2) is 29.2 Å². The van der Waals surface area contributed by atoms with Gasteiger partial charge in [-0.1, -0.05) is 6.08 Å². The maximum absolute atomic E-state index is 14.4. The van der Waals surface area contributed by atoms with Crippen molar-refractivity contribution < 1.29 is 38.0 Å². The molecule has 1 aromatic rings. The number of hydrogen-bond acceptors (Lipinski definition) is 8. The lowest BCUT2D eigenvalue weighted by atomic mass is 9.89. The zero-order valence-corrected chi connectivity index (χ0v) is 21.3. The van der Waals surface area contributed by atoms with E-state index in [1.165, 1.54) is 0 Å². The molecule has 5 atom stereocenters. The van der Waals surface area contributed by atoms with Gasteiger partial charge in [0.1, 0.15) is 12.2 Å². The Balaban J connectivity index is 1.53. The van der Waals surface area contributed by atoms with Crippen LogP contribution in [-0.2, 0) is 34.9 Å². The van der Waals surface area contributed by atoms with Gasteiger partial charge in [0.2, 0.25) is 0 Å². The van der Waals surface area contributed by atoms with E-state index in [9.17, 15) is 4.79 Å². The van der Waals surface area contributed by atoms with Crippen molar-refractivity contribution in [3.63, 3.8) is 0 Å². The van der Waals surface area contributed by atoms with E-state index in [1.54, 1.807) is 28.1 Å². The Hall–Kier alpha value is -2.17. The molecule has 3 saturated heterocycles. The summed E-state index contributed by atoms with van der Waals surface area (Å²) in [6, 6.07) is 3.66. The second kappa shape index (κ2) is 8.45. The highest BCUT2D eigenvalue weighted by Gasteiger charge is 2.72. The largest absolute Gasteiger partial charge is 0.493 e. The first-order chi connectivity index (χ1) is 16.5. The monoisotopic (exact) mass is 489 g/mol. The number of fused-ring (bicyclic) bond motifs is 4. The molecule has 4 aliphatic rings. The van der Waals surface area contributed by atoms with E-state index in [0.717, 1.165) is 11.1 Å². The van der Waals surface area contributed by atoms with Gasteiger partial charge in [0.05, 0.1) is 26.9 Å².